The topological polar surface area (TPSA) is 80.5 Å². The van der Waals surface area contributed by atoms with Gasteiger partial charge in [0.2, 0.25) is 0 Å². The molecule has 3 aromatic carbocycles. The Morgan fingerprint density at radius 2 is 1.74 bits per heavy atom. The van der Waals surface area contributed by atoms with Crippen LogP contribution in [-0.4, -0.2) is 18.9 Å². The van der Waals surface area contributed by atoms with Crippen LogP contribution in [-0.2, 0) is 17.1 Å². The predicted octanol–water partition coefficient (Wildman–Crippen LogP) is 5.20. The van der Waals surface area contributed by atoms with E-state index in [0.29, 0.717) is 21.1 Å². The summed E-state index contributed by atoms with van der Waals surface area (Å²) >= 11 is 10.7. The first-order valence-corrected chi connectivity index (χ1v) is 12.4. The average molecular weight is 537 g/mol. The summed E-state index contributed by atoms with van der Waals surface area (Å²) in [7, 11) is -1.91. The van der Waals surface area contributed by atoms with Gasteiger partial charge in [-0.05, 0) is 76.6 Å². The van der Waals surface area contributed by atoms with Crippen LogP contribution < -0.4 is 9.52 Å². The van der Waals surface area contributed by atoms with Gasteiger partial charge in [-0.3, -0.25) is 9.52 Å². The maximum absolute atomic E-state index is 12.6. The third-order valence-electron chi connectivity index (χ3n) is 4.48. The summed E-state index contributed by atoms with van der Waals surface area (Å²) in [4.78, 5) is 17.5. The second kappa shape index (κ2) is 8.58. The van der Waals surface area contributed by atoms with Crippen LogP contribution >= 0.6 is 38.9 Å². The molecule has 0 aliphatic heterocycles. The molecule has 0 aliphatic carbocycles. The molecule has 4 rings (SSSR count). The fourth-order valence-electron chi connectivity index (χ4n) is 2.92. The number of rotatable bonds is 4. The highest BCUT2D eigenvalue weighted by Crippen LogP contribution is 2.25. The minimum atomic E-state index is -3.76. The Morgan fingerprint density at radius 3 is 2.39 bits per heavy atom. The largest absolute Gasteiger partial charge is 0.318 e. The lowest BCUT2D eigenvalue weighted by molar-refractivity contribution is 0.0998. The Kier molecular flexibility index (Phi) is 6.02. The number of fused-ring (bicyclic) bond motifs is 1. The highest BCUT2D eigenvalue weighted by atomic mass is 79.9. The number of thiazole rings is 1. The summed E-state index contributed by atoms with van der Waals surface area (Å²) in [5.74, 6) is -0.412. The number of benzene rings is 3. The van der Waals surface area contributed by atoms with Crippen molar-refractivity contribution in [3.8, 4) is 0 Å². The number of aromatic nitrogens is 1. The molecule has 0 saturated heterocycles. The summed E-state index contributed by atoms with van der Waals surface area (Å²) < 4.78 is 31.2. The van der Waals surface area contributed by atoms with E-state index in [9.17, 15) is 13.2 Å². The lowest BCUT2D eigenvalue weighted by Crippen LogP contribution is -2.14. The van der Waals surface area contributed by atoms with Gasteiger partial charge in [0, 0.05) is 27.8 Å². The number of carbonyl (C=O) groups is 1. The molecule has 0 aliphatic rings. The van der Waals surface area contributed by atoms with Gasteiger partial charge in [0.15, 0.2) is 4.80 Å². The van der Waals surface area contributed by atoms with Crippen molar-refractivity contribution in [1.82, 2.24) is 4.57 Å². The van der Waals surface area contributed by atoms with Gasteiger partial charge in [-0.15, -0.1) is 0 Å². The fourth-order valence-corrected chi connectivity index (χ4v) is 5.92. The number of halogens is 2. The molecule has 0 bridgehead atoms. The Balaban J connectivity index is 1.58. The molecule has 1 aromatic heterocycles. The van der Waals surface area contributed by atoms with Crippen molar-refractivity contribution in [1.29, 1.82) is 0 Å². The quantitative estimate of drug-likeness (QED) is 0.389. The zero-order valence-corrected chi connectivity index (χ0v) is 20.0. The smallest absolute Gasteiger partial charge is 0.279 e. The van der Waals surface area contributed by atoms with Gasteiger partial charge < -0.3 is 4.57 Å². The van der Waals surface area contributed by atoms with Crippen LogP contribution in [0, 0.1) is 0 Å². The molecule has 1 heterocycles. The van der Waals surface area contributed by atoms with Crippen molar-refractivity contribution in [2.75, 3.05) is 4.72 Å². The SMILES string of the molecule is Cn1c(=NC(=O)c2ccc(NS(=O)(=O)c3ccc(Cl)cc3)cc2)sc2cccc(Br)c21. The normalized spacial score (nSPS) is 12.3. The van der Waals surface area contributed by atoms with E-state index < -0.39 is 15.9 Å². The van der Waals surface area contributed by atoms with E-state index in [0.717, 1.165) is 14.7 Å². The molecule has 0 atom stereocenters. The second-order valence-corrected chi connectivity index (χ2v) is 10.6. The molecule has 0 fully saturated rings. The summed E-state index contributed by atoms with van der Waals surface area (Å²) in [5, 5.41) is 0.449. The summed E-state index contributed by atoms with van der Waals surface area (Å²) in [5.41, 5.74) is 1.65. The van der Waals surface area contributed by atoms with Crippen molar-refractivity contribution in [2.24, 2.45) is 12.0 Å². The Morgan fingerprint density at radius 1 is 1.06 bits per heavy atom. The molecule has 4 aromatic rings. The van der Waals surface area contributed by atoms with Gasteiger partial charge in [0.25, 0.3) is 15.9 Å². The fraction of sp³-hybridized carbons (Fsp3) is 0.0476. The van der Waals surface area contributed by atoms with Gasteiger partial charge in [-0.25, -0.2) is 8.42 Å². The van der Waals surface area contributed by atoms with Crippen LogP contribution in [0.25, 0.3) is 10.2 Å². The highest BCUT2D eigenvalue weighted by Gasteiger charge is 2.15. The van der Waals surface area contributed by atoms with E-state index in [-0.39, 0.29) is 4.90 Å². The zero-order valence-electron chi connectivity index (χ0n) is 16.0. The first-order valence-electron chi connectivity index (χ1n) is 8.96. The minimum Gasteiger partial charge on any atom is -0.318 e. The minimum absolute atomic E-state index is 0.0930. The van der Waals surface area contributed by atoms with E-state index in [1.165, 1.54) is 59.9 Å². The van der Waals surface area contributed by atoms with Crippen LogP contribution in [0.15, 0.2) is 81.1 Å². The third kappa shape index (κ3) is 4.59. The number of para-hydroxylation sites is 1. The second-order valence-electron chi connectivity index (χ2n) is 6.58. The summed E-state index contributed by atoms with van der Waals surface area (Å²) in [6, 6.07) is 17.8. The number of carbonyl (C=O) groups excluding carboxylic acids is 1. The number of nitrogens with one attached hydrogen (secondary N) is 1. The lowest BCUT2D eigenvalue weighted by Gasteiger charge is -2.08. The molecular weight excluding hydrogens is 522 g/mol. The van der Waals surface area contributed by atoms with Gasteiger partial charge >= 0.3 is 0 Å². The number of hydrogen-bond donors (Lipinski definition) is 1. The van der Waals surface area contributed by atoms with E-state index in [1.807, 2.05) is 29.8 Å². The molecule has 10 heteroatoms. The van der Waals surface area contributed by atoms with Gasteiger partial charge in [-0.1, -0.05) is 29.0 Å². The van der Waals surface area contributed by atoms with Crippen molar-refractivity contribution in [2.45, 2.75) is 4.90 Å². The number of nitrogens with zero attached hydrogens (tertiary/aromatic N) is 2. The van der Waals surface area contributed by atoms with Crippen LogP contribution in [0.2, 0.25) is 5.02 Å². The van der Waals surface area contributed by atoms with Gasteiger partial charge in [-0.2, -0.15) is 4.99 Å². The molecule has 1 N–H and O–H groups in total. The molecule has 31 heavy (non-hydrogen) atoms. The van der Waals surface area contributed by atoms with Crippen LogP contribution in [0.1, 0.15) is 10.4 Å². The van der Waals surface area contributed by atoms with E-state index >= 15 is 0 Å². The standard InChI is InChI=1S/C21H15BrClN3O3S2/c1-26-19-17(22)3-2-4-18(19)30-21(26)24-20(27)13-5-9-15(10-6-13)25-31(28,29)16-11-7-14(23)8-12-16/h2-12,25H,1H3. The summed E-state index contributed by atoms with van der Waals surface area (Å²) in [6.07, 6.45) is 0. The monoisotopic (exact) mass is 535 g/mol. The maximum atomic E-state index is 12.6. The first kappa shape index (κ1) is 21.8. The number of hydrogen-bond acceptors (Lipinski definition) is 4. The lowest BCUT2D eigenvalue weighted by atomic mass is 10.2. The van der Waals surface area contributed by atoms with Crippen molar-refractivity contribution in [3.05, 3.63) is 86.6 Å². The van der Waals surface area contributed by atoms with Crippen molar-refractivity contribution >= 4 is 70.7 Å². The Bertz CT molecular complexity index is 1460. The highest BCUT2D eigenvalue weighted by molar-refractivity contribution is 9.10. The molecule has 0 saturated carbocycles. The maximum Gasteiger partial charge on any atom is 0.279 e. The van der Waals surface area contributed by atoms with E-state index in [4.69, 9.17) is 11.6 Å². The average Bonchev–Trinajstić information content (AvgIpc) is 3.05. The van der Waals surface area contributed by atoms with Crippen molar-refractivity contribution < 1.29 is 13.2 Å². The molecule has 0 unspecified atom stereocenters. The van der Waals surface area contributed by atoms with E-state index in [1.54, 1.807) is 0 Å². The van der Waals surface area contributed by atoms with E-state index in [2.05, 4.69) is 25.6 Å². The van der Waals surface area contributed by atoms with Crippen molar-refractivity contribution in [3.63, 3.8) is 0 Å². The first-order chi connectivity index (χ1) is 14.7. The van der Waals surface area contributed by atoms with Crippen LogP contribution in [0.3, 0.4) is 0 Å². The Labute approximate surface area is 196 Å². The van der Waals surface area contributed by atoms with Crippen LogP contribution in [0.5, 0.6) is 0 Å². The molecule has 0 spiro atoms. The molecule has 6 nitrogen and oxygen atoms in total. The molecule has 1 amide bonds. The molecular formula is C21H15BrClN3O3S2. The zero-order chi connectivity index (χ0) is 22.2. The number of amides is 1. The summed E-state index contributed by atoms with van der Waals surface area (Å²) in [6.45, 7) is 0. The van der Waals surface area contributed by atoms with Gasteiger partial charge in [0.05, 0.1) is 15.1 Å². The molecule has 0 radical (unpaired) electrons. The number of aryl methyl sites for hydroxylation is 1. The Hall–Kier alpha value is -2.46. The van der Waals surface area contributed by atoms with Crippen LogP contribution in [0.4, 0.5) is 5.69 Å². The number of sulfonamides is 1. The molecule has 158 valence electrons. The van der Waals surface area contributed by atoms with Gasteiger partial charge in [0.1, 0.15) is 0 Å². The predicted molar refractivity (Wildman–Crippen MR) is 127 cm³/mol. The number of anilines is 1. The third-order valence-corrected chi connectivity index (χ3v) is 7.86.